The molecule has 29 heavy (non-hydrogen) atoms. The summed E-state index contributed by atoms with van der Waals surface area (Å²) in [6, 6.07) is 15.7. The van der Waals surface area contributed by atoms with Crippen LogP contribution in [0.3, 0.4) is 0 Å². The van der Waals surface area contributed by atoms with Crippen LogP contribution < -0.4 is 20.1 Å². The standard InChI is InChI=1S/C21H26N4O2S2/c1-15-14-24(20(28)22-16-6-4-8-18(12-16)26-2)10-11-25(15)21(29)23-17-7-5-9-19(13-17)27-3/h4-9,12-13,15H,10-11,14H2,1-3H3,(H,22,28)(H,23,29). The third-order valence-electron chi connectivity index (χ3n) is 4.82. The normalized spacial score (nSPS) is 16.2. The highest BCUT2D eigenvalue weighted by molar-refractivity contribution is 7.80. The minimum Gasteiger partial charge on any atom is -0.497 e. The molecule has 1 fully saturated rings. The van der Waals surface area contributed by atoms with Crippen molar-refractivity contribution in [1.29, 1.82) is 0 Å². The van der Waals surface area contributed by atoms with Crippen molar-refractivity contribution in [2.45, 2.75) is 13.0 Å². The molecule has 2 aromatic carbocycles. The van der Waals surface area contributed by atoms with Crippen LogP contribution in [0.25, 0.3) is 0 Å². The number of anilines is 2. The van der Waals surface area contributed by atoms with Crippen LogP contribution in [0.2, 0.25) is 0 Å². The fourth-order valence-corrected chi connectivity index (χ4v) is 3.92. The fourth-order valence-electron chi connectivity index (χ4n) is 3.24. The average molecular weight is 431 g/mol. The van der Waals surface area contributed by atoms with E-state index in [9.17, 15) is 0 Å². The minimum atomic E-state index is 0.222. The molecule has 2 aromatic rings. The minimum absolute atomic E-state index is 0.222. The lowest BCUT2D eigenvalue weighted by Crippen LogP contribution is -2.57. The Morgan fingerprint density at radius 3 is 1.97 bits per heavy atom. The van der Waals surface area contributed by atoms with Crippen molar-refractivity contribution in [2.24, 2.45) is 0 Å². The molecule has 8 heteroatoms. The number of piperazine rings is 1. The number of ether oxygens (including phenoxy) is 2. The van der Waals surface area contributed by atoms with Crippen molar-refractivity contribution >= 4 is 46.0 Å². The van der Waals surface area contributed by atoms with E-state index >= 15 is 0 Å². The van der Waals surface area contributed by atoms with Gasteiger partial charge in [0.2, 0.25) is 0 Å². The Bertz CT molecular complexity index is 877. The third-order valence-corrected chi connectivity index (χ3v) is 5.51. The Morgan fingerprint density at radius 1 is 0.897 bits per heavy atom. The van der Waals surface area contributed by atoms with Crippen LogP contribution in [0.4, 0.5) is 11.4 Å². The van der Waals surface area contributed by atoms with Crippen LogP contribution in [-0.4, -0.2) is 59.9 Å². The molecule has 0 saturated carbocycles. The van der Waals surface area contributed by atoms with Crippen molar-refractivity contribution in [1.82, 2.24) is 9.80 Å². The number of nitrogens with zero attached hydrogens (tertiary/aromatic N) is 2. The van der Waals surface area contributed by atoms with Crippen LogP contribution in [0.15, 0.2) is 48.5 Å². The largest absolute Gasteiger partial charge is 0.497 e. The molecule has 2 N–H and O–H groups in total. The van der Waals surface area contributed by atoms with E-state index in [0.717, 1.165) is 42.5 Å². The lowest BCUT2D eigenvalue weighted by atomic mass is 10.2. The van der Waals surface area contributed by atoms with E-state index in [1.807, 2.05) is 48.5 Å². The maximum absolute atomic E-state index is 5.64. The zero-order chi connectivity index (χ0) is 20.8. The zero-order valence-corrected chi connectivity index (χ0v) is 18.5. The van der Waals surface area contributed by atoms with Crippen LogP contribution in [0, 0.1) is 0 Å². The molecule has 154 valence electrons. The number of hydrogen-bond acceptors (Lipinski definition) is 4. The molecular weight excluding hydrogens is 404 g/mol. The van der Waals surface area contributed by atoms with Crippen LogP contribution >= 0.6 is 24.4 Å². The number of benzene rings is 2. The highest BCUT2D eigenvalue weighted by Crippen LogP contribution is 2.20. The molecule has 1 atom stereocenters. The second kappa shape index (κ2) is 9.76. The first-order valence-corrected chi connectivity index (χ1v) is 10.2. The summed E-state index contributed by atoms with van der Waals surface area (Å²) in [4.78, 5) is 4.36. The van der Waals surface area contributed by atoms with Crippen molar-refractivity contribution in [3.63, 3.8) is 0 Å². The molecule has 0 amide bonds. The topological polar surface area (TPSA) is 49.0 Å². The smallest absolute Gasteiger partial charge is 0.173 e. The Hall–Kier alpha value is -2.58. The number of methoxy groups -OCH3 is 2. The summed E-state index contributed by atoms with van der Waals surface area (Å²) >= 11 is 11.3. The van der Waals surface area contributed by atoms with Gasteiger partial charge in [-0.1, -0.05) is 12.1 Å². The summed E-state index contributed by atoms with van der Waals surface area (Å²) < 4.78 is 10.5. The summed E-state index contributed by atoms with van der Waals surface area (Å²) in [6.07, 6.45) is 0. The molecule has 0 bridgehead atoms. The molecule has 1 aliphatic heterocycles. The van der Waals surface area contributed by atoms with Crippen molar-refractivity contribution < 1.29 is 9.47 Å². The predicted octanol–water partition coefficient (Wildman–Crippen LogP) is 3.80. The Labute approximate surface area is 182 Å². The number of thiocarbonyl (C=S) groups is 2. The Kier molecular flexibility index (Phi) is 7.11. The second-order valence-corrected chi connectivity index (χ2v) is 7.59. The van der Waals surface area contributed by atoms with E-state index in [1.54, 1.807) is 14.2 Å². The first-order chi connectivity index (χ1) is 14.0. The number of rotatable bonds is 4. The van der Waals surface area contributed by atoms with E-state index in [0.29, 0.717) is 10.2 Å². The summed E-state index contributed by atoms with van der Waals surface area (Å²) in [5.74, 6) is 1.59. The average Bonchev–Trinajstić information content (AvgIpc) is 2.73. The first-order valence-electron chi connectivity index (χ1n) is 9.42. The van der Waals surface area contributed by atoms with Gasteiger partial charge >= 0.3 is 0 Å². The molecule has 0 aliphatic carbocycles. The van der Waals surface area contributed by atoms with E-state index in [1.165, 1.54) is 0 Å². The summed E-state index contributed by atoms with van der Waals surface area (Å²) in [7, 11) is 3.31. The van der Waals surface area contributed by atoms with Gasteiger partial charge in [0.25, 0.3) is 0 Å². The van der Waals surface area contributed by atoms with Gasteiger partial charge in [-0.15, -0.1) is 0 Å². The molecular formula is C21H26N4O2S2. The van der Waals surface area contributed by atoms with Gasteiger partial charge in [0.05, 0.1) is 14.2 Å². The van der Waals surface area contributed by atoms with E-state index in [-0.39, 0.29) is 6.04 Å². The summed E-state index contributed by atoms with van der Waals surface area (Å²) in [5, 5.41) is 8.02. The maximum atomic E-state index is 5.64. The van der Waals surface area contributed by atoms with E-state index in [2.05, 4.69) is 27.4 Å². The van der Waals surface area contributed by atoms with E-state index < -0.39 is 0 Å². The molecule has 1 unspecified atom stereocenters. The fraction of sp³-hybridized carbons (Fsp3) is 0.333. The molecule has 0 spiro atoms. The van der Waals surface area contributed by atoms with Gasteiger partial charge in [0, 0.05) is 49.2 Å². The van der Waals surface area contributed by atoms with Crippen molar-refractivity contribution in [2.75, 3.05) is 44.5 Å². The lowest BCUT2D eigenvalue weighted by molar-refractivity contribution is 0.200. The van der Waals surface area contributed by atoms with Gasteiger partial charge in [-0.2, -0.15) is 0 Å². The Balaban J connectivity index is 1.56. The van der Waals surface area contributed by atoms with Gasteiger partial charge in [-0.25, -0.2) is 0 Å². The van der Waals surface area contributed by atoms with Crippen LogP contribution in [0.1, 0.15) is 6.92 Å². The second-order valence-electron chi connectivity index (χ2n) is 6.81. The molecule has 0 aromatic heterocycles. The molecule has 1 saturated heterocycles. The quantitative estimate of drug-likeness (QED) is 0.711. The van der Waals surface area contributed by atoms with Gasteiger partial charge < -0.3 is 29.9 Å². The summed E-state index contributed by atoms with van der Waals surface area (Å²) in [5.41, 5.74) is 1.83. The SMILES string of the molecule is COc1cccc(NC(=S)N2CCN(C(=S)Nc3cccc(OC)c3)C(C)C2)c1. The molecule has 6 nitrogen and oxygen atoms in total. The van der Waals surface area contributed by atoms with Crippen LogP contribution in [-0.2, 0) is 0 Å². The highest BCUT2D eigenvalue weighted by Gasteiger charge is 2.27. The monoisotopic (exact) mass is 430 g/mol. The lowest BCUT2D eigenvalue weighted by Gasteiger charge is -2.42. The van der Waals surface area contributed by atoms with Gasteiger partial charge in [0.1, 0.15) is 11.5 Å². The first kappa shape index (κ1) is 21.1. The number of nitrogens with one attached hydrogen (secondary N) is 2. The van der Waals surface area contributed by atoms with Crippen molar-refractivity contribution in [3.8, 4) is 11.5 Å². The van der Waals surface area contributed by atoms with Crippen LogP contribution in [0.5, 0.6) is 11.5 Å². The Morgan fingerprint density at radius 2 is 1.45 bits per heavy atom. The number of hydrogen-bond donors (Lipinski definition) is 2. The highest BCUT2D eigenvalue weighted by atomic mass is 32.1. The molecule has 0 radical (unpaired) electrons. The maximum Gasteiger partial charge on any atom is 0.173 e. The molecule has 1 heterocycles. The van der Waals surface area contributed by atoms with Crippen molar-refractivity contribution in [3.05, 3.63) is 48.5 Å². The van der Waals surface area contributed by atoms with E-state index in [4.69, 9.17) is 33.9 Å². The molecule has 3 rings (SSSR count). The third kappa shape index (κ3) is 5.48. The van der Waals surface area contributed by atoms with Gasteiger partial charge in [0.15, 0.2) is 10.2 Å². The van der Waals surface area contributed by atoms with Gasteiger partial charge in [-0.05, 0) is 55.6 Å². The molecule has 1 aliphatic rings. The zero-order valence-electron chi connectivity index (χ0n) is 16.8. The predicted molar refractivity (Wildman–Crippen MR) is 126 cm³/mol. The van der Waals surface area contributed by atoms with Gasteiger partial charge in [-0.3, -0.25) is 0 Å². The summed E-state index contributed by atoms with van der Waals surface area (Å²) in [6.45, 7) is 4.52.